The molecule has 0 bridgehead atoms. The van der Waals surface area contributed by atoms with Crippen molar-refractivity contribution in [3.63, 3.8) is 0 Å². The van der Waals surface area contributed by atoms with Crippen LogP contribution in [-0.2, 0) is 4.79 Å². The molecular formula is C11H14BrNO4. The zero-order valence-corrected chi connectivity index (χ0v) is 10.8. The van der Waals surface area contributed by atoms with Crippen molar-refractivity contribution in [1.29, 1.82) is 0 Å². The molecule has 0 aromatic heterocycles. The third-order valence-corrected chi connectivity index (χ3v) is 2.78. The van der Waals surface area contributed by atoms with Gasteiger partial charge in [-0.05, 0) is 12.1 Å². The summed E-state index contributed by atoms with van der Waals surface area (Å²) in [5.74, 6) is -0.247. The number of hydrogen-bond donors (Lipinski definition) is 3. The number of methoxy groups -OCH3 is 1. The summed E-state index contributed by atoms with van der Waals surface area (Å²) in [5, 5.41) is 19.5. The van der Waals surface area contributed by atoms with Crippen LogP contribution in [0.3, 0.4) is 0 Å². The molecule has 94 valence electrons. The van der Waals surface area contributed by atoms with Gasteiger partial charge >= 0.3 is 0 Å². The Bertz CT molecular complexity index is 410. The summed E-state index contributed by atoms with van der Waals surface area (Å²) >= 11 is 3.27. The quantitative estimate of drug-likeness (QED) is 0.747. The molecule has 0 fully saturated rings. The first kappa shape index (κ1) is 14.0. The number of primary amides is 1. The van der Waals surface area contributed by atoms with Crippen LogP contribution in [0.4, 0.5) is 0 Å². The highest BCUT2D eigenvalue weighted by molar-refractivity contribution is 9.10. The van der Waals surface area contributed by atoms with Gasteiger partial charge in [-0.25, -0.2) is 0 Å². The average Bonchev–Trinajstić information content (AvgIpc) is 2.27. The molecule has 0 saturated heterocycles. The first-order valence-corrected chi connectivity index (χ1v) is 5.73. The maximum absolute atomic E-state index is 10.7. The highest BCUT2D eigenvalue weighted by atomic mass is 79.9. The minimum atomic E-state index is -1.25. The molecule has 0 saturated carbocycles. The molecule has 17 heavy (non-hydrogen) atoms. The fraction of sp³-hybridized carbons (Fsp3) is 0.364. The van der Waals surface area contributed by atoms with E-state index in [1.807, 2.05) is 0 Å². The largest absolute Gasteiger partial charge is 0.496 e. The third-order valence-electron chi connectivity index (χ3n) is 2.29. The Labute approximate surface area is 107 Å². The highest BCUT2D eigenvalue weighted by Crippen LogP contribution is 2.30. The molecule has 4 N–H and O–H groups in total. The van der Waals surface area contributed by atoms with Crippen LogP contribution in [0.2, 0.25) is 0 Å². The van der Waals surface area contributed by atoms with E-state index in [9.17, 15) is 15.0 Å². The molecule has 0 spiro atoms. The first-order chi connectivity index (χ1) is 7.95. The van der Waals surface area contributed by atoms with Crippen LogP contribution < -0.4 is 10.5 Å². The smallest absolute Gasteiger partial charge is 0.220 e. The van der Waals surface area contributed by atoms with E-state index >= 15 is 0 Å². The molecule has 1 aromatic carbocycles. The van der Waals surface area contributed by atoms with E-state index in [0.717, 1.165) is 4.47 Å². The summed E-state index contributed by atoms with van der Waals surface area (Å²) in [5.41, 5.74) is 5.36. The second-order valence-electron chi connectivity index (χ2n) is 3.57. The van der Waals surface area contributed by atoms with Crippen LogP contribution in [0.5, 0.6) is 5.75 Å². The molecule has 2 unspecified atom stereocenters. The fourth-order valence-corrected chi connectivity index (χ4v) is 1.79. The predicted molar refractivity (Wildman–Crippen MR) is 65.5 cm³/mol. The van der Waals surface area contributed by atoms with Crippen molar-refractivity contribution in [3.05, 3.63) is 28.2 Å². The maximum Gasteiger partial charge on any atom is 0.220 e. The van der Waals surface area contributed by atoms with Crippen molar-refractivity contribution >= 4 is 21.8 Å². The Morgan fingerprint density at radius 1 is 1.53 bits per heavy atom. The van der Waals surface area contributed by atoms with E-state index < -0.39 is 18.1 Å². The van der Waals surface area contributed by atoms with Crippen LogP contribution in [0.15, 0.2) is 22.7 Å². The molecule has 0 radical (unpaired) electrons. The van der Waals surface area contributed by atoms with Gasteiger partial charge < -0.3 is 20.7 Å². The number of rotatable bonds is 5. The summed E-state index contributed by atoms with van der Waals surface area (Å²) in [7, 11) is 1.46. The molecule has 0 aliphatic rings. The Morgan fingerprint density at radius 2 is 2.18 bits per heavy atom. The van der Waals surface area contributed by atoms with Gasteiger partial charge in [0.2, 0.25) is 5.91 Å². The minimum Gasteiger partial charge on any atom is -0.496 e. The average molecular weight is 304 g/mol. The monoisotopic (exact) mass is 303 g/mol. The molecule has 2 atom stereocenters. The molecule has 1 amide bonds. The van der Waals surface area contributed by atoms with Gasteiger partial charge in [0.25, 0.3) is 0 Å². The van der Waals surface area contributed by atoms with Crippen molar-refractivity contribution in [1.82, 2.24) is 0 Å². The lowest BCUT2D eigenvalue weighted by atomic mass is 10.0. The van der Waals surface area contributed by atoms with E-state index in [1.54, 1.807) is 18.2 Å². The molecule has 0 aliphatic carbocycles. The Morgan fingerprint density at radius 3 is 2.71 bits per heavy atom. The van der Waals surface area contributed by atoms with Crippen molar-refractivity contribution in [3.8, 4) is 5.75 Å². The third kappa shape index (κ3) is 3.69. The second kappa shape index (κ2) is 6.00. The Kier molecular flexibility index (Phi) is 4.92. The molecular weight excluding hydrogens is 290 g/mol. The lowest BCUT2D eigenvalue weighted by molar-refractivity contribution is -0.121. The van der Waals surface area contributed by atoms with Crippen molar-refractivity contribution < 1.29 is 19.7 Å². The summed E-state index contributed by atoms with van der Waals surface area (Å²) < 4.78 is 5.87. The van der Waals surface area contributed by atoms with Crippen LogP contribution in [-0.4, -0.2) is 29.3 Å². The number of ether oxygens (including phenoxy) is 1. The number of halogens is 1. The van der Waals surface area contributed by atoms with Crippen LogP contribution in [0.1, 0.15) is 18.1 Å². The Hall–Kier alpha value is -1.11. The van der Waals surface area contributed by atoms with Crippen molar-refractivity contribution in [2.75, 3.05) is 7.11 Å². The van der Waals surface area contributed by atoms with E-state index in [2.05, 4.69) is 15.9 Å². The minimum absolute atomic E-state index is 0.305. The molecule has 5 nitrogen and oxygen atoms in total. The maximum atomic E-state index is 10.7. The number of hydrogen-bond acceptors (Lipinski definition) is 4. The van der Waals surface area contributed by atoms with Crippen LogP contribution >= 0.6 is 15.9 Å². The number of aliphatic hydroxyl groups excluding tert-OH is 2. The van der Waals surface area contributed by atoms with Gasteiger partial charge in [0, 0.05) is 10.0 Å². The fourth-order valence-electron chi connectivity index (χ4n) is 1.45. The van der Waals surface area contributed by atoms with Gasteiger partial charge in [-0.3, -0.25) is 4.79 Å². The van der Waals surface area contributed by atoms with Gasteiger partial charge in [-0.1, -0.05) is 22.0 Å². The number of benzene rings is 1. The van der Waals surface area contributed by atoms with E-state index in [4.69, 9.17) is 10.5 Å². The SMILES string of the molecule is COc1cc(Br)ccc1C(O)C(O)CC(N)=O. The number of carbonyl (C=O) groups excluding carboxylic acids is 1. The van der Waals surface area contributed by atoms with Gasteiger partial charge in [0.1, 0.15) is 11.9 Å². The van der Waals surface area contributed by atoms with Crippen molar-refractivity contribution in [2.24, 2.45) is 5.73 Å². The van der Waals surface area contributed by atoms with Gasteiger partial charge in [-0.15, -0.1) is 0 Å². The van der Waals surface area contributed by atoms with E-state index in [-0.39, 0.29) is 6.42 Å². The number of aliphatic hydroxyl groups is 2. The Balaban J connectivity index is 2.94. The lowest BCUT2D eigenvalue weighted by Crippen LogP contribution is -2.25. The molecule has 1 rings (SSSR count). The number of amides is 1. The van der Waals surface area contributed by atoms with Gasteiger partial charge in [0.05, 0.1) is 19.6 Å². The van der Waals surface area contributed by atoms with E-state index in [1.165, 1.54) is 7.11 Å². The topological polar surface area (TPSA) is 92.8 Å². The predicted octanol–water partition coefficient (Wildman–Crippen LogP) is 0.727. The first-order valence-electron chi connectivity index (χ1n) is 4.93. The zero-order valence-electron chi connectivity index (χ0n) is 9.26. The van der Waals surface area contributed by atoms with Gasteiger partial charge in [0.15, 0.2) is 0 Å². The van der Waals surface area contributed by atoms with E-state index in [0.29, 0.717) is 11.3 Å². The van der Waals surface area contributed by atoms with Crippen molar-refractivity contribution in [2.45, 2.75) is 18.6 Å². The van der Waals surface area contributed by atoms with Gasteiger partial charge in [-0.2, -0.15) is 0 Å². The normalized spacial score (nSPS) is 14.1. The lowest BCUT2D eigenvalue weighted by Gasteiger charge is -2.19. The molecule has 6 heteroatoms. The summed E-state index contributed by atoms with van der Waals surface area (Å²) in [6.45, 7) is 0. The molecule has 0 aliphatic heterocycles. The zero-order chi connectivity index (χ0) is 13.0. The summed E-state index contributed by atoms with van der Waals surface area (Å²) in [4.78, 5) is 10.7. The van der Waals surface area contributed by atoms with Crippen LogP contribution in [0, 0.1) is 0 Å². The highest BCUT2D eigenvalue weighted by Gasteiger charge is 2.23. The number of nitrogens with two attached hydrogens (primary N) is 1. The molecule has 0 heterocycles. The number of carbonyl (C=O) groups is 1. The van der Waals surface area contributed by atoms with Crippen LogP contribution in [0.25, 0.3) is 0 Å². The summed E-state index contributed by atoms with van der Waals surface area (Å²) in [6.07, 6.45) is -2.77. The molecule has 1 aromatic rings. The summed E-state index contributed by atoms with van der Waals surface area (Å²) in [6, 6.07) is 4.98. The second-order valence-corrected chi connectivity index (χ2v) is 4.48. The standard InChI is InChI=1S/C11H14BrNO4/c1-17-9-4-6(12)2-3-7(9)11(16)8(14)5-10(13)15/h2-4,8,11,14,16H,5H2,1H3,(H2,13,15).